The van der Waals surface area contributed by atoms with Gasteiger partial charge in [0, 0.05) is 23.6 Å². The normalized spacial score (nSPS) is 14.1. The molecule has 0 N–H and O–H groups in total. The fourth-order valence-electron chi connectivity index (χ4n) is 3.55. The third-order valence-electron chi connectivity index (χ3n) is 5.11. The molecule has 1 fully saturated rings. The Hall–Kier alpha value is -2.91. The lowest BCUT2D eigenvalue weighted by molar-refractivity contribution is -0.384. The minimum Gasteiger partial charge on any atom is -0.494 e. The molecule has 0 spiro atoms. The van der Waals surface area contributed by atoms with Crippen LogP contribution in [-0.4, -0.2) is 50.0 Å². The van der Waals surface area contributed by atoms with Crippen molar-refractivity contribution >= 4 is 17.4 Å². The number of non-ortho nitro benzene ring substituents is 1. The summed E-state index contributed by atoms with van der Waals surface area (Å²) in [7, 11) is 0. The molecule has 0 saturated carbocycles. The molecule has 1 aliphatic heterocycles. The van der Waals surface area contributed by atoms with Crippen molar-refractivity contribution in [3.8, 4) is 11.4 Å². The third kappa shape index (κ3) is 5.62. The molecule has 162 valence electrons. The first-order valence-corrected chi connectivity index (χ1v) is 11.4. The van der Waals surface area contributed by atoms with Crippen molar-refractivity contribution in [1.29, 1.82) is 0 Å². The van der Waals surface area contributed by atoms with E-state index >= 15 is 0 Å². The van der Waals surface area contributed by atoms with Crippen molar-refractivity contribution in [3.63, 3.8) is 0 Å². The molecule has 8 nitrogen and oxygen atoms in total. The van der Waals surface area contributed by atoms with Crippen molar-refractivity contribution in [1.82, 2.24) is 19.7 Å². The second-order valence-electron chi connectivity index (χ2n) is 7.35. The number of nitro groups is 1. The minimum absolute atomic E-state index is 0.0629. The van der Waals surface area contributed by atoms with Crippen molar-refractivity contribution in [2.75, 3.05) is 25.4 Å². The van der Waals surface area contributed by atoms with Gasteiger partial charge in [0.05, 0.1) is 18.1 Å². The molecule has 4 rings (SSSR count). The summed E-state index contributed by atoms with van der Waals surface area (Å²) in [6, 6.07) is 16.4. The number of hydrogen-bond donors (Lipinski definition) is 0. The van der Waals surface area contributed by atoms with E-state index in [0.717, 1.165) is 48.5 Å². The Morgan fingerprint density at radius 2 is 1.77 bits per heavy atom. The summed E-state index contributed by atoms with van der Waals surface area (Å²) in [5, 5.41) is 20.6. The van der Waals surface area contributed by atoms with E-state index in [9.17, 15) is 10.1 Å². The fourth-order valence-corrected chi connectivity index (χ4v) is 4.43. The molecule has 2 heterocycles. The summed E-state index contributed by atoms with van der Waals surface area (Å²) in [5.41, 5.74) is 1.14. The topological polar surface area (TPSA) is 86.3 Å². The third-order valence-corrected chi connectivity index (χ3v) is 6.13. The highest BCUT2D eigenvalue weighted by molar-refractivity contribution is 7.99. The zero-order valence-corrected chi connectivity index (χ0v) is 18.0. The molecule has 9 heteroatoms. The molecule has 31 heavy (non-hydrogen) atoms. The number of thioether (sulfide) groups is 1. The van der Waals surface area contributed by atoms with Crippen LogP contribution < -0.4 is 4.74 Å². The summed E-state index contributed by atoms with van der Waals surface area (Å²) in [6.07, 6.45) is 3.32. The van der Waals surface area contributed by atoms with E-state index in [4.69, 9.17) is 4.74 Å². The first kappa shape index (κ1) is 21.3. The Bertz CT molecular complexity index is 988. The molecule has 1 aliphatic rings. The van der Waals surface area contributed by atoms with Crippen LogP contribution in [0.25, 0.3) is 5.69 Å². The quantitative estimate of drug-likeness (QED) is 0.201. The number of benzene rings is 2. The SMILES string of the molecule is O=[N+]([O-])c1ccc(OCCCSc2nnc(CN3CCCC3)n2-c2ccccc2)cc1. The maximum absolute atomic E-state index is 10.7. The highest BCUT2D eigenvalue weighted by atomic mass is 32.2. The molecule has 0 amide bonds. The van der Waals surface area contributed by atoms with Gasteiger partial charge in [0.2, 0.25) is 0 Å². The molecule has 3 aromatic rings. The van der Waals surface area contributed by atoms with Crippen LogP contribution in [0.5, 0.6) is 5.75 Å². The number of nitro benzene ring substituents is 1. The molecular formula is C22H25N5O3S. The van der Waals surface area contributed by atoms with Gasteiger partial charge in [-0.3, -0.25) is 19.6 Å². The lowest BCUT2D eigenvalue weighted by Crippen LogP contribution is -2.21. The van der Waals surface area contributed by atoms with Gasteiger partial charge in [-0.15, -0.1) is 10.2 Å². The molecule has 0 atom stereocenters. The number of nitrogens with zero attached hydrogens (tertiary/aromatic N) is 5. The van der Waals surface area contributed by atoms with E-state index in [-0.39, 0.29) is 5.69 Å². The molecule has 0 bridgehead atoms. The van der Waals surface area contributed by atoms with E-state index < -0.39 is 4.92 Å². The predicted molar refractivity (Wildman–Crippen MR) is 120 cm³/mol. The molecular weight excluding hydrogens is 414 g/mol. The van der Waals surface area contributed by atoms with Crippen molar-refractivity contribution in [2.24, 2.45) is 0 Å². The van der Waals surface area contributed by atoms with Crippen LogP contribution in [0.1, 0.15) is 25.1 Å². The summed E-state index contributed by atoms with van der Waals surface area (Å²) in [4.78, 5) is 12.7. The average Bonchev–Trinajstić information content (AvgIpc) is 3.45. The van der Waals surface area contributed by atoms with E-state index in [0.29, 0.717) is 12.4 Å². The van der Waals surface area contributed by atoms with Crippen LogP contribution in [0.15, 0.2) is 59.8 Å². The molecule has 1 aromatic heterocycles. The Balaban J connectivity index is 1.34. The highest BCUT2D eigenvalue weighted by Gasteiger charge is 2.19. The largest absolute Gasteiger partial charge is 0.494 e. The predicted octanol–water partition coefficient (Wildman–Crippen LogP) is 4.33. The van der Waals surface area contributed by atoms with Gasteiger partial charge < -0.3 is 4.74 Å². The highest BCUT2D eigenvalue weighted by Crippen LogP contribution is 2.24. The van der Waals surface area contributed by atoms with E-state index in [1.807, 2.05) is 18.2 Å². The zero-order valence-electron chi connectivity index (χ0n) is 17.2. The van der Waals surface area contributed by atoms with Gasteiger partial charge in [-0.1, -0.05) is 30.0 Å². The first-order chi connectivity index (χ1) is 15.2. The van der Waals surface area contributed by atoms with E-state index in [2.05, 4.69) is 31.8 Å². The molecule has 0 radical (unpaired) electrons. The summed E-state index contributed by atoms with van der Waals surface area (Å²) in [6.45, 7) is 3.57. The fraction of sp³-hybridized carbons (Fsp3) is 0.364. The monoisotopic (exact) mass is 439 g/mol. The average molecular weight is 440 g/mol. The molecule has 0 aliphatic carbocycles. The minimum atomic E-state index is -0.415. The molecule has 0 unspecified atom stereocenters. The van der Waals surface area contributed by atoms with Crippen LogP contribution in [0.4, 0.5) is 5.69 Å². The standard InChI is InChI=1S/C22H25N5O3S/c28-27(29)19-9-11-20(12-10-19)30-15-6-16-31-22-24-23-21(17-25-13-4-5-14-25)26(22)18-7-2-1-3-8-18/h1-3,7-12H,4-6,13-17H2. The summed E-state index contributed by atoms with van der Waals surface area (Å²) in [5.74, 6) is 2.44. The maximum Gasteiger partial charge on any atom is 0.269 e. The Morgan fingerprint density at radius 1 is 1.03 bits per heavy atom. The van der Waals surface area contributed by atoms with Gasteiger partial charge in [-0.05, 0) is 56.6 Å². The van der Waals surface area contributed by atoms with Gasteiger partial charge in [0.15, 0.2) is 11.0 Å². The van der Waals surface area contributed by atoms with Gasteiger partial charge in [0.25, 0.3) is 5.69 Å². The van der Waals surface area contributed by atoms with Gasteiger partial charge in [0.1, 0.15) is 5.75 Å². The smallest absolute Gasteiger partial charge is 0.269 e. The number of ether oxygens (including phenoxy) is 1. The molecule has 2 aromatic carbocycles. The van der Waals surface area contributed by atoms with Crippen LogP contribution >= 0.6 is 11.8 Å². The van der Waals surface area contributed by atoms with Crippen molar-refractivity contribution in [2.45, 2.75) is 31.0 Å². The van der Waals surface area contributed by atoms with Gasteiger partial charge >= 0.3 is 0 Å². The zero-order chi connectivity index (χ0) is 21.5. The van der Waals surface area contributed by atoms with Crippen molar-refractivity contribution in [3.05, 3.63) is 70.5 Å². The summed E-state index contributed by atoms with van der Waals surface area (Å²) >= 11 is 1.66. The number of likely N-dealkylation sites (tertiary alicyclic amines) is 1. The first-order valence-electron chi connectivity index (χ1n) is 10.4. The number of hydrogen-bond acceptors (Lipinski definition) is 7. The number of aromatic nitrogens is 3. The number of para-hydroxylation sites is 1. The lowest BCUT2D eigenvalue weighted by atomic mass is 10.3. The van der Waals surface area contributed by atoms with Crippen LogP contribution in [0.2, 0.25) is 0 Å². The van der Waals surface area contributed by atoms with E-state index in [1.54, 1.807) is 23.9 Å². The second-order valence-corrected chi connectivity index (χ2v) is 8.42. The lowest BCUT2D eigenvalue weighted by Gasteiger charge is -2.16. The molecule has 1 saturated heterocycles. The Morgan fingerprint density at radius 3 is 2.48 bits per heavy atom. The Labute approximate surface area is 185 Å². The van der Waals surface area contributed by atoms with Crippen LogP contribution in [-0.2, 0) is 6.54 Å². The van der Waals surface area contributed by atoms with Crippen molar-refractivity contribution < 1.29 is 9.66 Å². The summed E-state index contributed by atoms with van der Waals surface area (Å²) < 4.78 is 7.85. The Kier molecular flexibility index (Phi) is 7.16. The van der Waals surface area contributed by atoms with Crippen LogP contribution in [0.3, 0.4) is 0 Å². The number of rotatable bonds is 10. The second kappa shape index (κ2) is 10.4. The maximum atomic E-state index is 10.7. The van der Waals surface area contributed by atoms with Gasteiger partial charge in [-0.2, -0.15) is 0 Å². The van der Waals surface area contributed by atoms with E-state index in [1.165, 1.54) is 25.0 Å². The van der Waals surface area contributed by atoms with Crippen LogP contribution in [0, 0.1) is 10.1 Å². The van der Waals surface area contributed by atoms with Gasteiger partial charge in [-0.25, -0.2) is 0 Å².